The van der Waals surface area contributed by atoms with E-state index in [1.54, 1.807) is 18.0 Å². The molecule has 33 heavy (non-hydrogen) atoms. The Kier molecular flexibility index (Phi) is 5.26. The number of fused-ring (bicyclic) bond motifs is 1. The molecule has 168 valence electrons. The third kappa shape index (κ3) is 4.45. The van der Waals surface area contributed by atoms with Crippen LogP contribution >= 0.6 is 11.8 Å². The minimum absolute atomic E-state index is 0.118. The molecule has 4 aromatic rings. The van der Waals surface area contributed by atoms with Crippen LogP contribution in [0.3, 0.4) is 0 Å². The SMILES string of the molecule is O=C(Nc1ccc(Sc2cc3nccn3c(Nc3cc(C4CCCC4)[nH]n3)n2)cc1)C1CC1. The lowest BCUT2D eigenvalue weighted by Gasteiger charge is -2.09. The highest BCUT2D eigenvalue weighted by Crippen LogP contribution is 2.35. The number of nitrogens with zero attached hydrogens (tertiary/aromatic N) is 4. The van der Waals surface area contributed by atoms with E-state index in [1.807, 2.05) is 40.9 Å². The monoisotopic (exact) mass is 459 g/mol. The van der Waals surface area contributed by atoms with Gasteiger partial charge in [0.15, 0.2) is 5.82 Å². The molecule has 8 nitrogen and oxygen atoms in total. The molecule has 2 fully saturated rings. The highest BCUT2D eigenvalue weighted by molar-refractivity contribution is 7.99. The Labute approximate surface area is 195 Å². The van der Waals surface area contributed by atoms with E-state index in [0.717, 1.165) is 39.9 Å². The average Bonchev–Trinajstić information content (AvgIpc) is 3.19. The molecule has 0 aliphatic heterocycles. The van der Waals surface area contributed by atoms with Gasteiger partial charge in [-0.3, -0.25) is 14.3 Å². The Morgan fingerprint density at radius 3 is 2.70 bits per heavy atom. The van der Waals surface area contributed by atoms with Gasteiger partial charge in [-0.2, -0.15) is 5.10 Å². The van der Waals surface area contributed by atoms with Crippen LogP contribution < -0.4 is 10.6 Å². The fourth-order valence-electron chi connectivity index (χ4n) is 4.32. The minimum atomic E-state index is 0.118. The summed E-state index contributed by atoms with van der Waals surface area (Å²) in [6.45, 7) is 0. The third-order valence-corrected chi connectivity index (χ3v) is 7.22. The second kappa shape index (κ2) is 8.55. The van der Waals surface area contributed by atoms with Crippen LogP contribution in [-0.2, 0) is 4.79 Å². The summed E-state index contributed by atoms with van der Waals surface area (Å²) in [5.74, 6) is 2.32. The number of carbonyl (C=O) groups excluding carboxylic acids is 1. The lowest BCUT2D eigenvalue weighted by atomic mass is 10.0. The van der Waals surface area contributed by atoms with Crippen LogP contribution in [-0.4, -0.2) is 30.5 Å². The number of hydrogen-bond acceptors (Lipinski definition) is 6. The van der Waals surface area contributed by atoms with Crippen molar-refractivity contribution in [3.05, 3.63) is 54.5 Å². The first kappa shape index (κ1) is 20.3. The molecular formula is C24H25N7OS. The van der Waals surface area contributed by atoms with Gasteiger partial charge in [0.05, 0.1) is 0 Å². The minimum Gasteiger partial charge on any atom is -0.326 e. The van der Waals surface area contributed by atoms with Crippen molar-refractivity contribution in [3.63, 3.8) is 0 Å². The summed E-state index contributed by atoms with van der Waals surface area (Å²) in [4.78, 5) is 22.3. The predicted octanol–water partition coefficient (Wildman–Crippen LogP) is 5.35. The molecule has 0 bridgehead atoms. The summed E-state index contributed by atoms with van der Waals surface area (Å²) < 4.78 is 1.92. The number of amides is 1. The van der Waals surface area contributed by atoms with Crippen molar-refractivity contribution >= 4 is 40.8 Å². The van der Waals surface area contributed by atoms with Crippen LogP contribution in [0, 0.1) is 5.92 Å². The molecule has 1 aromatic carbocycles. The summed E-state index contributed by atoms with van der Waals surface area (Å²) in [6.07, 6.45) is 10.7. The molecule has 0 unspecified atom stereocenters. The van der Waals surface area contributed by atoms with Crippen molar-refractivity contribution in [2.75, 3.05) is 10.6 Å². The third-order valence-electron chi connectivity index (χ3n) is 6.29. The fourth-order valence-corrected chi connectivity index (χ4v) is 5.13. The molecule has 0 saturated heterocycles. The quantitative estimate of drug-likeness (QED) is 0.322. The largest absolute Gasteiger partial charge is 0.326 e. The van der Waals surface area contributed by atoms with Gasteiger partial charge in [-0.15, -0.1) is 0 Å². The van der Waals surface area contributed by atoms with Gasteiger partial charge in [-0.05, 0) is 49.9 Å². The molecule has 3 aromatic heterocycles. The molecule has 0 radical (unpaired) electrons. The summed E-state index contributed by atoms with van der Waals surface area (Å²) in [6, 6.07) is 11.9. The Balaban J connectivity index is 1.20. The van der Waals surface area contributed by atoms with Crippen molar-refractivity contribution in [1.82, 2.24) is 24.6 Å². The Hall–Kier alpha value is -3.33. The predicted molar refractivity (Wildman–Crippen MR) is 128 cm³/mol. The molecule has 1 amide bonds. The van der Waals surface area contributed by atoms with Crippen molar-refractivity contribution < 1.29 is 4.79 Å². The van der Waals surface area contributed by atoms with Crippen molar-refractivity contribution in [2.45, 2.75) is 54.4 Å². The van der Waals surface area contributed by atoms with Gasteiger partial charge in [0.25, 0.3) is 0 Å². The smallest absolute Gasteiger partial charge is 0.227 e. The molecular weight excluding hydrogens is 434 g/mol. The van der Waals surface area contributed by atoms with Crippen LogP contribution in [0.1, 0.15) is 50.1 Å². The van der Waals surface area contributed by atoms with Crippen molar-refractivity contribution in [1.29, 1.82) is 0 Å². The van der Waals surface area contributed by atoms with E-state index in [-0.39, 0.29) is 11.8 Å². The topological polar surface area (TPSA) is 100 Å². The highest BCUT2D eigenvalue weighted by Gasteiger charge is 2.29. The standard InChI is InChI=1S/C24H25N7OS/c32-23(16-5-6-16)26-17-7-9-18(10-8-17)33-22-14-21-25-11-12-31(21)24(28-22)27-20-13-19(29-30-20)15-3-1-2-4-15/h7-16H,1-6H2,(H,26,32)(H2,27,28,29,30). The number of carbonyl (C=O) groups is 1. The van der Waals surface area contributed by atoms with Crippen LogP contribution in [0.5, 0.6) is 0 Å². The molecule has 3 heterocycles. The van der Waals surface area contributed by atoms with E-state index in [9.17, 15) is 4.79 Å². The first-order valence-corrected chi connectivity index (χ1v) is 12.3. The summed E-state index contributed by atoms with van der Waals surface area (Å²) >= 11 is 1.56. The maximum atomic E-state index is 12.0. The molecule has 9 heteroatoms. The fraction of sp³-hybridized carbons (Fsp3) is 0.333. The summed E-state index contributed by atoms with van der Waals surface area (Å²) in [5, 5.41) is 14.8. The molecule has 6 rings (SSSR count). The van der Waals surface area contributed by atoms with Crippen LogP contribution in [0.2, 0.25) is 0 Å². The van der Waals surface area contributed by atoms with Gasteiger partial charge >= 0.3 is 0 Å². The zero-order valence-electron chi connectivity index (χ0n) is 18.1. The molecule has 0 atom stereocenters. The van der Waals surface area contributed by atoms with Crippen LogP contribution in [0.15, 0.2) is 58.7 Å². The second-order valence-electron chi connectivity index (χ2n) is 8.78. The first-order valence-electron chi connectivity index (χ1n) is 11.5. The van der Waals surface area contributed by atoms with E-state index >= 15 is 0 Å². The zero-order valence-corrected chi connectivity index (χ0v) is 18.9. The summed E-state index contributed by atoms with van der Waals surface area (Å²) in [5.41, 5.74) is 2.83. The van der Waals surface area contributed by atoms with E-state index in [0.29, 0.717) is 11.9 Å². The number of benzene rings is 1. The number of aromatic nitrogens is 5. The van der Waals surface area contributed by atoms with Crippen LogP contribution in [0.4, 0.5) is 17.5 Å². The summed E-state index contributed by atoms with van der Waals surface area (Å²) in [7, 11) is 0. The van der Waals surface area contributed by atoms with Gasteiger partial charge in [0.2, 0.25) is 11.9 Å². The maximum Gasteiger partial charge on any atom is 0.227 e. The maximum absolute atomic E-state index is 12.0. The number of aromatic amines is 1. The Morgan fingerprint density at radius 2 is 1.91 bits per heavy atom. The van der Waals surface area contributed by atoms with Gasteiger partial charge in [-0.25, -0.2) is 9.97 Å². The number of nitrogens with one attached hydrogen (secondary N) is 3. The van der Waals surface area contributed by atoms with E-state index < -0.39 is 0 Å². The number of imidazole rings is 1. The average molecular weight is 460 g/mol. The Bertz CT molecular complexity index is 1290. The first-order chi connectivity index (χ1) is 16.2. The zero-order chi connectivity index (χ0) is 22.2. The van der Waals surface area contributed by atoms with E-state index in [4.69, 9.17) is 4.98 Å². The lowest BCUT2D eigenvalue weighted by Crippen LogP contribution is -2.12. The van der Waals surface area contributed by atoms with Gasteiger partial charge in [0, 0.05) is 52.6 Å². The van der Waals surface area contributed by atoms with Crippen LogP contribution in [0.25, 0.3) is 5.65 Å². The van der Waals surface area contributed by atoms with Gasteiger partial charge in [0.1, 0.15) is 10.7 Å². The molecule has 2 aliphatic rings. The lowest BCUT2D eigenvalue weighted by molar-refractivity contribution is -0.117. The highest BCUT2D eigenvalue weighted by atomic mass is 32.2. The number of hydrogen-bond donors (Lipinski definition) is 3. The number of rotatable bonds is 7. The second-order valence-corrected chi connectivity index (χ2v) is 9.87. The normalized spacial score (nSPS) is 16.4. The number of H-pyrrole nitrogens is 1. The molecule has 2 aliphatic carbocycles. The van der Waals surface area contributed by atoms with Gasteiger partial charge < -0.3 is 10.6 Å². The van der Waals surface area contributed by atoms with E-state index in [1.165, 1.54) is 31.4 Å². The Morgan fingerprint density at radius 1 is 1.09 bits per heavy atom. The molecule has 3 N–H and O–H groups in total. The van der Waals surface area contributed by atoms with Crippen molar-refractivity contribution in [2.24, 2.45) is 5.92 Å². The van der Waals surface area contributed by atoms with E-state index in [2.05, 4.69) is 31.9 Å². The van der Waals surface area contributed by atoms with Crippen molar-refractivity contribution in [3.8, 4) is 0 Å². The van der Waals surface area contributed by atoms with Gasteiger partial charge in [-0.1, -0.05) is 24.6 Å². The molecule has 2 saturated carbocycles. The number of anilines is 3. The molecule has 0 spiro atoms.